The van der Waals surface area contributed by atoms with Gasteiger partial charge >= 0.3 is 0 Å². The van der Waals surface area contributed by atoms with Gasteiger partial charge < -0.3 is 21.1 Å². The van der Waals surface area contributed by atoms with Gasteiger partial charge in [0.2, 0.25) is 0 Å². The van der Waals surface area contributed by atoms with Gasteiger partial charge in [0.1, 0.15) is 18.2 Å². The summed E-state index contributed by atoms with van der Waals surface area (Å²) < 4.78 is 43.5. The van der Waals surface area contributed by atoms with E-state index in [0.717, 1.165) is 0 Å². The van der Waals surface area contributed by atoms with Crippen molar-refractivity contribution in [2.45, 2.75) is 57.1 Å². The van der Waals surface area contributed by atoms with E-state index < -0.39 is 36.2 Å². The van der Waals surface area contributed by atoms with Crippen molar-refractivity contribution in [3.8, 4) is 0 Å². The van der Waals surface area contributed by atoms with Crippen molar-refractivity contribution in [1.82, 2.24) is 24.9 Å². The van der Waals surface area contributed by atoms with Gasteiger partial charge in [-0.1, -0.05) is 0 Å². The number of aliphatic hydroxyl groups is 1. The Morgan fingerprint density at radius 1 is 1.38 bits per heavy atom. The molecule has 1 saturated carbocycles. The van der Waals surface area contributed by atoms with Crippen LogP contribution in [-0.4, -0.2) is 61.1 Å². The molecule has 0 saturated heterocycles. The third-order valence-corrected chi connectivity index (χ3v) is 5.67. The van der Waals surface area contributed by atoms with Crippen LogP contribution < -0.4 is 16.0 Å². The van der Waals surface area contributed by atoms with Crippen LogP contribution in [0.3, 0.4) is 0 Å². The summed E-state index contributed by atoms with van der Waals surface area (Å²) in [5.74, 6) is -1.16. The molecule has 3 aromatic rings. The van der Waals surface area contributed by atoms with Crippen molar-refractivity contribution in [2.75, 3.05) is 17.2 Å². The zero-order valence-corrected chi connectivity index (χ0v) is 18.7. The number of aromatic nitrogens is 4. The molecule has 0 aliphatic heterocycles. The zero-order chi connectivity index (χ0) is 24.5. The second-order valence-electron chi connectivity index (χ2n) is 8.89. The maximum Gasteiger partial charge on any atom is 0.255 e. The second-order valence-corrected chi connectivity index (χ2v) is 8.89. The number of amides is 1. The second kappa shape index (κ2) is 9.45. The first kappa shape index (κ1) is 23.7. The summed E-state index contributed by atoms with van der Waals surface area (Å²) in [5.41, 5.74) is -0.756. The van der Waals surface area contributed by atoms with Gasteiger partial charge in [0.05, 0.1) is 35.8 Å². The molecular weight excluding hydrogens is 451 g/mol. The highest BCUT2D eigenvalue weighted by Crippen LogP contribution is 2.29. The Balaban J connectivity index is 1.58. The molecule has 4 N–H and O–H groups in total. The number of nitrogens with one attached hydrogen (secondary N) is 3. The Labute approximate surface area is 193 Å². The van der Waals surface area contributed by atoms with E-state index in [4.69, 9.17) is 0 Å². The first-order chi connectivity index (χ1) is 16.1. The van der Waals surface area contributed by atoms with Crippen LogP contribution in [0.2, 0.25) is 0 Å². The average molecular weight is 477 g/mol. The Hall–Kier alpha value is -3.41. The van der Waals surface area contributed by atoms with Crippen molar-refractivity contribution in [3.63, 3.8) is 0 Å². The van der Waals surface area contributed by atoms with E-state index in [-0.39, 0.29) is 29.7 Å². The van der Waals surface area contributed by atoms with Crippen LogP contribution in [0.5, 0.6) is 0 Å². The number of anilines is 3. The molecule has 1 aliphatic carbocycles. The topological polar surface area (TPSA) is 116 Å². The number of rotatable bonds is 8. The molecule has 0 aromatic carbocycles. The summed E-state index contributed by atoms with van der Waals surface area (Å²) in [7, 11) is 0. The molecular formula is C22H26F3N7O2. The lowest BCUT2D eigenvalue weighted by molar-refractivity contribution is -0.00177. The van der Waals surface area contributed by atoms with Gasteiger partial charge in [0.25, 0.3) is 5.91 Å². The molecule has 3 atom stereocenters. The molecule has 12 heteroatoms. The van der Waals surface area contributed by atoms with Gasteiger partial charge in [-0.05, 0) is 33.1 Å². The minimum atomic E-state index is -1.68. The standard InChI is InChI=1S/C22H26F3N7O2/c1-22(2,34)17(25)10-27-21(33)14-9-26-18(8-16(14)29-13-4-3-12(23)7-13)30-20-15(24)11-32-19(31-20)5-6-28-32/h5-6,8-9,11-13,17,34H,3-4,7,10H2,1-2H3,(H,27,33)(H2,26,29,30,31). The lowest BCUT2D eigenvalue weighted by Gasteiger charge is -2.23. The van der Waals surface area contributed by atoms with Crippen LogP contribution in [0.4, 0.5) is 30.5 Å². The summed E-state index contributed by atoms with van der Waals surface area (Å²) in [5, 5.41) is 22.1. The smallest absolute Gasteiger partial charge is 0.255 e. The number of halogens is 3. The molecule has 3 aromatic heterocycles. The summed E-state index contributed by atoms with van der Waals surface area (Å²) in [6.45, 7) is 2.21. The maximum atomic E-state index is 14.4. The summed E-state index contributed by atoms with van der Waals surface area (Å²) >= 11 is 0. The van der Waals surface area contributed by atoms with Crippen LogP contribution in [-0.2, 0) is 0 Å². The highest BCUT2D eigenvalue weighted by molar-refractivity contribution is 5.99. The van der Waals surface area contributed by atoms with E-state index in [2.05, 4.69) is 31.0 Å². The van der Waals surface area contributed by atoms with E-state index in [9.17, 15) is 23.1 Å². The number of carbonyl (C=O) groups is 1. The largest absolute Gasteiger partial charge is 0.387 e. The first-order valence-corrected chi connectivity index (χ1v) is 10.9. The monoisotopic (exact) mass is 477 g/mol. The van der Waals surface area contributed by atoms with Crippen LogP contribution in [0, 0.1) is 5.82 Å². The first-order valence-electron chi connectivity index (χ1n) is 10.9. The number of nitrogens with zero attached hydrogens (tertiary/aromatic N) is 4. The number of fused-ring (bicyclic) bond motifs is 1. The molecule has 3 heterocycles. The van der Waals surface area contributed by atoms with Crippen LogP contribution in [0.15, 0.2) is 30.7 Å². The normalized spacial score (nSPS) is 19.2. The molecule has 9 nitrogen and oxygen atoms in total. The zero-order valence-electron chi connectivity index (χ0n) is 18.7. The van der Waals surface area contributed by atoms with Gasteiger partial charge in [-0.15, -0.1) is 0 Å². The van der Waals surface area contributed by atoms with Crippen LogP contribution in [0.1, 0.15) is 43.5 Å². The maximum absolute atomic E-state index is 14.4. The minimum absolute atomic E-state index is 0.0845. The van der Waals surface area contributed by atoms with Crippen molar-refractivity contribution >= 4 is 28.9 Å². The predicted octanol–water partition coefficient (Wildman–Crippen LogP) is 3.15. The van der Waals surface area contributed by atoms with Crippen molar-refractivity contribution in [2.24, 2.45) is 0 Å². The van der Waals surface area contributed by atoms with Crippen molar-refractivity contribution < 1.29 is 23.1 Å². The number of hydrogen-bond donors (Lipinski definition) is 4. The molecule has 0 bridgehead atoms. The van der Waals surface area contributed by atoms with E-state index in [1.165, 1.54) is 43.0 Å². The van der Waals surface area contributed by atoms with Crippen LogP contribution >= 0.6 is 0 Å². The van der Waals surface area contributed by atoms with Crippen molar-refractivity contribution in [3.05, 3.63) is 42.1 Å². The average Bonchev–Trinajstić information content (AvgIpc) is 3.39. The molecule has 1 aliphatic rings. The fourth-order valence-electron chi connectivity index (χ4n) is 3.67. The van der Waals surface area contributed by atoms with Gasteiger partial charge in [0, 0.05) is 24.4 Å². The highest BCUT2D eigenvalue weighted by Gasteiger charge is 2.28. The van der Waals surface area contributed by atoms with E-state index in [1.54, 1.807) is 6.07 Å². The number of carbonyl (C=O) groups excluding carboxylic acids is 1. The molecule has 1 amide bonds. The quantitative estimate of drug-likeness (QED) is 0.394. The summed E-state index contributed by atoms with van der Waals surface area (Å²) in [6, 6.07) is 2.89. The Morgan fingerprint density at radius 2 is 2.18 bits per heavy atom. The van der Waals surface area contributed by atoms with Crippen LogP contribution in [0.25, 0.3) is 5.65 Å². The van der Waals surface area contributed by atoms with Gasteiger partial charge in [-0.2, -0.15) is 5.10 Å². The molecule has 182 valence electrons. The molecule has 3 unspecified atom stereocenters. The molecule has 34 heavy (non-hydrogen) atoms. The fraction of sp³-hybridized carbons (Fsp3) is 0.455. The molecule has 0 spiro atoms. The summed E-state index contributed by atoms with van der Waals surface area (Å²) in [4.78, 5) is 21.1. The van der Waals surface area contributed by atoms with E-state index >= 15 is 0 Å². The van der Waals surface area contributed by atoms with E-state index in [1.807, 2.05) is 0 Å². The molecule has 1 fully saturated rings. The Bertz CT molecular complexity index is 1180. The number of alkyl halides is 2. The molecule has 4 rings (SSSR count). The molecule has 0 radical (unpaired) electrons. The SMILES string of the molecule is CC(C)(O)C(F)CNC(=O)c1cnc(Nc2nc3ccnn3cc2F)cc1NC1CCC(F)C1. The fourth-order valence-corrected chi connectivity index (χ4v) is 3.67. The lowest BCUT2D eigenvalue weighted by Crippen LogP contribution is -2.42. The predicted molar refractivity (Wildman–Crippen MR) is 120 cm³/mol. The summed E-state index contributed by atoms with van der Waals surface area (Å²) in [6.07, 6.45) is 2.56. The Kier molecular flexibility index (Phi) is 6.60. The van der Waals surface area contributed by atoms with E-state index in [0.29, 0.717) is 24.2 Å². The van der Waals surface area contributed by atoms with Gasteiger partial charge in [0.15, 0.2) is 17.3 Å². The third-order valence-electron chi connectivity index (χ3n) is 5.67. The highest BCUT2D eigenvalue weighted by atomic mass is 19.1. The minimum Gasteiger partial charge on any atom is -0.387 e. The van der Waals surface area contributed by atoms with Gasteiger partial charge in [-0.3, -0.25) is 4.79 Å². The Morgan fingerprint density at radius 3 is 2.88 bits per heavy atom. The van der Waals surface area contributed by atoms with Gasteiger partial charge in [-0.25, -0.2) is 27.7 Å². The lowest BCUT2D eigenvalue weighted by atomic mass is 10.0. The number of pyridine rings is 1. The number of hydrogen-bond acceptors (Lipinski definition) is 7. The van der Waals surface area contributed by atoms with Crippen molar-refractivity contribution in [1.29, 1.82) is 0 Å². The third kappa shape index (κ3) is 5.38.